The van der Waals surface area contributed by atoms with Gasteiger partial charge in [0, 0.05) is 42.2 Å². The lowest BCUT2D eigenvalue weighted by Crippen LogP contribution is -2.37. The summed E-state index contributed by atoms with van der Waals surface area (Å²) in [5, 5.41) is 0. The highest BCUT2D eigenvalue weighted by molar-refractivity contribution is 5.96. The first-order valence-corrected chi connectivity index (χ1v) is 11.1. The predicted molar refractivity (Wildman–Crippen MR) is 120 cm³/mol. The summed E-state index contributed by atoms with van der Waals surface area (Å²) in [4.78, 5) is 43.1. The Balaban J connectivity index is 1.49. The Morgan fingerprint density at radius 1 is 1.09 bits per heavy atom. The van der Waals surface area contributed by atoms with E-state index in [0.717, 1.165) is 29.7 Å². The molecule has 0 radical (unpaired) electrons. The molecule has 1 fully saturated rings. The maximum Gasteiger partial charge on any atom is 0.254 e. The van der Waals surface area contributed by atoms with Crippen molar-refractivity contribution in [1.82, 2.24) is 19.9 Å². The molecule has 4 heterocycles. The molecule has 2 amide bonds. The predicted octanol–water partition coefficient (Wildman–Crippen LogP) is 3.78. The van der Waals surface area contributed by atoms with E-state index in [1.807, 2.05) is 11.8 Å². The Labute approximate surface area is 191 Å². The molecule has 0 bridgehead atoms. The molecule has 33 heavy (non-hydrogen) atoms. The highest BCUT2D eigenvalue weighted by Gasteiger charge is 2.35. The van der Waals surface area contributed by atoms with Crippen molar-refractivity contribution in [2.24, 2.45) is 0 Å². The Morgan fingerprint density at radius 3 is 2.61 bits per heavy atom. The molecule has 1 unspecified atom stereocenters. The van der Waals surface area contributed by atoms with Crippen LogP contribution in [-0.4, -0.2) is 38.2 Å². The van der Waals surface area contributed by atoms with Crippen molar-refractivity contribution in [3.8, 4) is 0 Å². The van der Waals surface area contributed by atoms with Gasteiger partial charge >= 0.3 is 0 Å². The third-order valence-corrected chi connectivity index (χ3v) is 6.35. The minimum absolute atomic E-state index is 0.0213. The second-order valence-corrected chi connectivity index (χ2v) is 8.47. The van der Waals surface area contributed by atoms with Crippen LogP contribution in [0.15, 0.2) is 48.8 Å². The van der Waals surface area contributed by atoms with Crippen molar-refractivity contribution < 1.29 is 14.0 Å². The summed E-state index contributed by atoms with van der Waals surface area (Å²) >= 11 is 0. The number of nitrogens with zero attached hydrogens (tertiary/aromatic N) is 5. The first-order chi connectivity index (χ1) is 16.0. The summed E-state index contributed by atoms with van der Waals surface area (Å²) in [7, 11) is 0. The van der Waals surface area contributed by atoms with Gasteiger partial charge in [-0.15, -0.1) is 0 Å². The highest BCUT2D eigenvalue weighted by Crippen LogP contribution is 2.35. The van der Waals surface area contributed by atoms with Gasteiger partial charge in [0.15, 0.2) is 5.82 Å². The SMILES string of the molecule is Cc1nc(C2CCCN2C(=O)c2ccncc2)nc2c1CCC(=O)N2Cc1ccc(F)cc1. The van der Waals surface area contributed by atoms with Gasteiger partial charge in [0.25, 0.3) is 5.91 Å². The Bertz CT molecular complexity index is 1200. The summed E-state index contributed by atoms with van der Waals surface area (Å²) in [6.07, 6.45) is 5.81. The summed E-state index contributed by atoms with van der Waals surface area (Å²) in [5.74, 6) is 0.751. The maximum atomic E-state index is 13.3. The Morgan fingerprint density at radius 2 is 1.85 bits per heavy atom. The van der Waals surface area contributed by atoms with Crippen molar-refractivity contribution in [2.45, 2.75) is 45.2 Å². The molecule has 1 aromatic carbocycles. The van der Waals surface area contributed by atoms with E-state index < -0.39 is 0 Å². The van der Waals surface area contributed by atoms with E-state index in [0.29, 0.717) is 43.1 Å². The van der Waals surface area contributed by atoms with E-state index in [-0.39, 0.29) is 23.7 Å². The van der Waals surface area contributed by atoms with Crippen LogP contribution in [0.5, 0.6) is 0 Å². The van der Waals surface area contributed by atoms with E-state index in [1.54, 1.807) is 41.6 Å². The first-order valence-electron chi connectivity index (χ1n) is 11.1. The molecule has 8 heteroatoms. The highest BCUT2D eigenvalue weighted by atomic mass is 19.1. The standard InChI is InChI=1S/C25H24FN5O2/c1-16-20-8-9-22(32)31(15-17-4-6-19(26)7-5-17)24(20)29-23(28-16)21-3-2-14-30(21)25(33)18-10-12-27-13-11-18/h4-7,10-13,21H,2-3,8-9,14-15H2,1H3. The molecule has 0 aliphatic carbocycles. The van der Waals surface area contributed by atoms with E-state index >= 15 is 0 Å². The number of rotatable bonds is 4. The van der Waals surface area contributed by atoms with Crippen LogP contribution in [0.4, 0.5) is 10.2 Å². The monoisotopic (exact) mass is 445 g/mol. The second-order valence-electron chi connectivity index (χ2n) is 8.47. The number of anilines is 1. The van der Waals surface area contributed by atoms with Crippen LogP contribution in [0, 0.1) is 12.7 Å². The number of amides is 2. The van der Waals surface area contributed by atoms with Crippen LogP contribution in [0.2, 0.25) is 0 Å². The van der Waals surface area contributed by atoms with Gasteiger partial charge in [-0.05, 0) is 56.0 Å². The fourth-order valence-electron chi connectivity index (χ4n) is 4.63. The number of fused-ring (bicyclic) bond motifs is 1. The molecule has 0 N–H and O–H groups in total. The number of carbonyl (C=O) groups excluding carboxylic acids is 2. The molecule has 168 valence electrons. The molecule has 1 saturated heterocycles. The zero-order chi connectivity index (χ0) is 22.9. The second kappa shape index (κ2) is 8.69. The number of aromatic nitrogens is 3. The minimum Gasteiger partial charge on any atom is -0.328 e. The number of carbonyl (C=O) groups is 2. The lowest BCUT2D eigenvalue weighted by Gasteiger charge is -2.31. The number of pyridine rings is 1. The van der Waals surface area contributed by atoms with Crippen molar-refractivity contribution in [3.63, 3.8) is 0 Å². The minimum atomic E-state index is -0.315. The molecule has 0 saturated carbocycles. The van der Waals surface area contributed by atoms with Crippen LogP contribution in [0.3, 0.4) is 0 Å². The van der Waals surface area contributed by atoms with Gasteiger partial charge in [0.05, 0.1) is 12.6 Å². The first kappa shape index (κ1) is 21.2. The number of hydrogen-bond donors (Lipinski definition) is 0. The van der Waals surface area contributed by atoms with E-state index in [2.05, 4.69) is 4.98 Å². The van der Waals surface area contributed by atoms with Crippen molar-refractivity contribution in [2.75, 3.05) is 11.4 Å². The van der Waals surface area contributed by atoms with Crippen LogP contribution >= 0.6 is 0 Å². The topological polar surface area (TPSA) is 79.3 Å². The molecule has 2 aliphatic rings. The van der Waals surface area contributed by atoms with E-state index in [1.165, 1.54) is 12.1 Å². The van der Waals surface area contributed by atoms with Crippen molar-refractivity contribution >= 4 is 17.6 Å². The maximum absolute atomic E-state index is 13.3. The number of hydrogen-bond acceptors (Lipinski definition) is 5. The summed E-state index contributed by atoms with van der Waals surface area (Å²) in [6.45, 7) is 2.87. The molecular formula is C25H24FN5O2. The van der Waals surface area contributed by atoms with Crippen molar-refractivity contribution in [1.29, 1.82) is 0 Å². The van der Waals surface area contributed by atoms with Gasteiger partial charge in [-0.1, -0.05) is 12.1 Å². The molecule has 7 nitrogen and oxygen atoms in total. The average Bonchev–Trinajstić information content (AvgIpc) is 3.32. The third kappa shape index (κ3) is 4.08. The normalized spacial score (nSPS) is 17.9. The zero-order valence-electron chi connectivity index (χ0n) is 18.4. The quantitative estimate of drug-likeness (QED) is 0.611. The Hall–Kier alpha value is -3.68. The Kier molecular flexibility index (Phi) is 5.58. The van der Waals surface area contributed by atoms with Crippen LogP contribution in [-0.2, 0) is 17.8 Å². The fraction of sp³-hybridized carbons (Fsp3) is 0.320. The number of aryl methyl sites for hydroxylation is 1. The summed E-state index contributed by atoms with van der Waals surface area (Å²) in [6, 6.07) is 9.31. The molecule has 3 aromatic rings. The van der Waals surface area contributed by atoms with E-state index in [4.69, 9.17) is 9.97 Å². The average molecular weight is 445 g/mol. The smallest absolute Gasteiger partial charge is 0.254 e. The molecule has 2 aromatic heterocycles. The van der Waals surface area contributed by atoms with Gasteiger partial charge < -0.3 is 4.90 Å². The van der Waals surface area contributed by atoms with Gasteiger partial charge in [0.2, 0.25) is 5.91 Å². The van der Waals surface area contributed by atoms with Crippen LogP contribution in [0.1, 0.15) is 58.3 Å². The lowest BCUT2D eigenvalue weighted by atomic mass is 10.0. The molecular weight excluding hydrogens is 421 g/mol. The lowest BCUT2D eigenvalue weighted by molar-refractivity contribution is -0.119. The van der Waals surface area contributed by atoms with E-state index in [9.17, 15) is 14.0 Å². The number of likely N-dealkylation sites (tertiary alicyclic amines) is 1. The van der Waals surface area contributed by atoms with Crippen LogP contribution in [0.25, 0.3) is 0 Å². The molecule has 5 rings (SSSR count). The largest absolute Gasteiger partial charge is 0.328 e. The van der Waals surface area contributed by atoms with Gasteiger partial charge in [-0.2, -0.15) is 0 Å². The molecule has 1 atom stereocenters. The van der Waals surface area contributed by atoms with Crippen LogP contribution < -0.4 is 4.90 Å². The fourth-order valence-corrected chi connectivity index (χ4v) is 4.63. The number of benzene rings is 1. The summed E-state index contributed by atoms with van der Waals surface area (Å²) < 4.78 is 13.3. The third-order valence-electron chi connectivity index (χ3n) is 6.35. The number of halogens is 1. The van der Waals surface area contributed by atoms with Gasteiger partial charge in [-0.3, -0.25) is 19.5 Å². The van der Waals surface area contributed by atoms with Gasteiger partial charge in [-0.25, -0.2) is 14.4 Å². The van der Waals surface area contributed by atoms with Gasteiger partial charge in [0.1, 0.15) is 11.6 Å². The zero-order valence-corrected chi connectivity index (χ0v) is 18.4. The molecule has 0 spiro atoms. The molecule has 2 aliphatic heterocycles. The van der Waals surface area contributed by atoms with Crippen molar-refractivity contribution in [3.05, 3.63) is 82.8 Å². The summed E-state index contributed by atoms with van der Waals surface area (Å²) in [5.41, 5.74) is 3.19.